The minimum absolute atomic E-state index is 0.642. The molecule has 0 fully saturated rings. The van der Waals surface area contributed by atoms with Gasteiger partial charge < -0.3 is 0 Å². The van der Waals surface area contributed by atoms with Crippen LogP contribution in [0.5, 0.6) is 0 Å². The third-order valence-corrected chi connectivity index (χ3v) is 10.8. The molecule has 0 unspecified atom stereocenters. The monoisotopic (exact) mass is 715 g/mol. The maximum absolute atomic E-state index is 4.93. The molecule has 0 bridgehead atoms. The summed E-state index contributed by atoms with van der Waals surface area (Å²) in [6.45, 7) is 0. The fraction of sp³-hybridized carbons (Fsp3) is 0. The van der Waals surface area contributed by atoms with E-state index in [0.717, 1.165) is 45.0 Å². The molecule has 5 heteroatoms. The van der Waals surface area contributed by atoms with Gasteiger partial charge in [0.2, 0.25) is 0 Å². The molecule has 8 aromatic carbocycles. The van der Waals surface area contributed by atoms with Crippen molar-refractivity contribution in [1.29, 1.82) is 0 Å². The molecule has 10 aromatic rings. The van der Waals surface area contributed by atoms with E-state index in [-0.39, 0.29) is 0 Å². The lowest BCUT2D eigenvalue weighted by Gasteiger charge is -2.26. The van der Waals surface area contributed by atoms with E-state index >= 15 is 0 Å². The molecular formula is C51H33N5. The molecule has 11 rings (SSSR count). The Morgan fingerprint density at radius 2 is 0.875 bits per heavy atom. The molecule has 0 atom stereocenters. The molecule has 262 valence electrons. The van der Waals surface area contributed by atoms with Crippen LogP contribution in [0.1, 0.15) is 0 Å². The molecule has 5 nitrogen and oxygen atoms in total. The highest BCUT2D eigenvalue weighted by atomic mass is 15.3. The molecule has 1 aliphatic heterocycles. The van der Waals surface area contributed by atoms with E-state index in [1.165, 1.54) is 38.5 Å². The van der Waals surface area contributed by atoms with Crippen LogP contribution in [0, 0.1) is 0 Å². The summed E-state index contributed by atoms with van der Waals surface area (Å²) in [5.74, 6) is 3.05. The first kappa shape index (κ1) is 31.9. The molecule has 2 aromatic heterocycles. The third kappa shape index (κ3) is 5.29. The topological polar surface area (TPSA) is 46.8 Å². The lowest BCUT2D eigenvalue weighted by molar-refractivity contribution is 1.07. The van der Waals surface area contributed by atoms with Crippen molar-refractivity contribution in [3.8, 4) is 62.1 Å². The van der Waals surface area contributed by atoms with Crippen molar-refractivity contribution >= 4 is 38.9 Å². The lowest BCUT2D eigenvalue weighted by atomic mass is 9.96. The second kappa shape index (κ2) is 13.0. The summed E-state index contributed by atoms with van der Waals surface area (Å²) in [5, 5.41) is 3.65. The fourth-order valence-corrected chi connectivity index (χ4v) is 8.10. The Balaban J connectivity index is 0.996. The van der Waals surface area contributed by atoms with Crippen molar-refractivity contribution in [2.45, 2.75) is 0 Å². The second-order valence-electron chi connectivity index (χ2n) is 14.1. The largest absolute Gasteiger partial charge is 0.295 e. The van der Waals surface area contributed by atoms with Crippen LogP contribution in [0.25, 0.3) is 83.8 Å². The third-order valence-electron chi connectivity index (χ3n) is 10.8. The van der Waals surface area contributed by atoms with Gasteiger partial charge in [0.1, 0.15) is 5.82 Å². The number of hydrogen-bond acceptors (Lipinski definition) is 4. The summed E-state index contributed by atoms with van der Waals surface area (Å²) in [6, 6.07) is 70.6. The highest BCUT2D eigenvalue weighted by Gasteiger charge is 2.29. The SMILES string of the molecule is c1ccc(-c2nc(-c3ccccc3)nc(-c3ccc(-c4ccc(N5c6ccccc6-c6ccc7ccccc7c6-n6c5cc5ccccc56)cc4)cc3)n2)cc1. The van der Waals surface area contributed by atoms with Gasteiger partial charge in [-0.1, -0.05) is 170 Å². The van der Waals surface area contributed by atoms with Crippen molar-refractivity contribution < 1.29 is 0 Å². The number of para-hydroxylation sites is 2. The highest BCUT2D eigenvalue weighted by molar-refractivity contribution is 6.06. The molecule has 0 amide bonds. The van der Waals surface area contributed by atoms with Crippen molar-refractivity contribution in [2.75, 3.05) is 4.90 Å². The van der Waals surface area contributed by atoms with Gasteiger partial charge in [0.05, 0.1) is 16.9 Å². The quantitative estimate of drug-likeness (QED) is 0.178. The molecule has 3 heterocycles. The number of hydrogen-bond donors (Lipinski definition) is 0. The zero-order valence-electron chi connectivity index (χ0n) is 30.3. The van der Waals surface area contributed by atoms with Crippen molar-refractivity contribution in [1.82, 2.24) is 19.5 Å². The van der Waals surface area contributed by atoms with Crippen LogP contribution in [0.3, 0.4) is 0 Å². The number of benzene rings is 8. The van der Waals surface area contributed by atoms with Crippen molar-refractivity contribution in [3.63, 3.8) is 0 Å². The van der Waals surface area contributed by atoms with Gasteiger partial charge in [0, 0.05) is 44.3 Å². The number of aromatic nitrogens is 4. The van der Waals surface area contributed by atoms with E-state index < -0.39 is 0 Å². The van der Waals surface area contributed by atoms with Crippen LogP contribution in [0.4, 0.5) is 17.2 Å². The predicted octanol–water partition coefficient (Wildman–Crippen LogP) is 13.1. The van der Waals surface area contributed by atoms with Gasteiger partial charge in [-0.3, -0.25) is 9.47 Å². The molecule has 0 N–H and O–H groups in total. The van der Waals surface area contributed by atoms with Crippen LogP contribution < -0.4 is 4.90 Å². The summed E-state index contributed by atoms with van der Waals surface area (Å²) >= 11 is 0. The Morgan fingerprint density at radius 3 is 1.55 bits per heavy atom. The Bertz CT molecular complexity index is 3000. The zero-order valence-corrected chi connectivity index (χ0v) is 30.3. The number of fused-ring (bicyclic) bond motifs is 9. The standard InChI is InChI=1S/C51H33N5/c1-3-14-37(15-4-1)49-52-50(38-16-5-2-6-17-38)54-51(53-49)39-25-23-34(24-26-39)35-27-30-41(31-28-35)55-46-22-12-10-20-43(46)44-32-29-36-13-7-9-19-42(36)48(44)56-45-21-11-8-18-40(45)33-47(55)56/h1-33H. The van der Waals surface area contributed by atoms with Gasteiger partial charge in [-0.2, -0.15) is 0 Å². The summed E-state index contributed by atoms with van der Waals surface area (Å²) in [7, 11) is 0. The van der Waals surface area contributed by atoms with E-state index in [0.29, 0.717) is 17.5 Å². The van der Waals surface area contributed by atoms with Gasteiger partial charge in [0.15, 0.2) is 17.5 Å². The number of nitrogens with zero attached hydrogens (tertiary/aromatic N) is 5. The Hall–Kier alpha value is -7.63. The average Bonchev–Trinajstić information content (AvgIpc) is 3.60. The van der Waals surface area contributed by atoms with E-state index in [1.54, 1.807) is 0 Å². The summed E-state index contributed by atoms with van der Waals surface area (Å²) in [6.07, 6.45) is 0. The maximum Gasteiger partial charge on any atom is 0.164 e. The van der Waals surface area contributed by atoms with Gasteiger partial charge in [-0.05, 0) is 46.8 Å². The maximum atomic E-state index is 4.93. The van der Waals surface area contributed by atoms with Gasteiger partial charge in [-0.15, -0.1) is 0 Å². The van der Waals surface area contributed by atoms with Crippen LogP contribution in [-0.4, -0.2) is 19.5 Å². The van der Waals surface area contributed by atoms with Crippen LogP contribution in [-0.2, 0) is 0 Å². The van der Waals surface area contributed by atoms with Crippen molar-refractivity contribution in [2.24, 2.45) is 0 Å². The average molecular weight is 716 g/mol. The zero-order chi connectivity index (χ0) is 37.0. The number of anilines is 3. The fourth-order valence-electron chi connectivity index (χ4n) is 8.10. The molecule has 0 saturated heterocycles. The van der Waals surface area contributed by atoms with E-state index in [2.05, 4.69) is 149 Å². The molecule has 0 saturated carbocycles. The number of rotatable bonds is 5. The Labute approximate surface area is 324 Å². The minimum Gasteiger partial charge on any atom is -0.295 e. The molecule has 0 spiro atoms. The minimum atomic E-state index is 0.642. The molecule has 56 heavy (non-hydrogen) atoms. The molecule has 0 radical (unpaired) electrons. The van der Waals surface area contributed by atoms with Crippen LogP contribution >= 0.6 is 0 Å². The molecule has 1 aliphatic rings. The second-order valence-corrected chi connectivity index (χ2v) is 14.1. The Kier molecular flexibility index (Phi) is 7.42. The lowest BCUT2D eigenvalue weighted by Crippen LogP contribution is -2.12. The highest BCUT2D eigenvalue weighted by Crippen LogP contribution is 2.50. The van der Waals surface area contributed by atoms with E-state index in [4.69, 9.17) is 15.0 Å². The van der Waals surface area contributed by atoms with Gasteiger partial charge in [-0.25, -0.2) is 15.0 Å². The summed E-state index contributed by atoms with van der Waals surface area (Å²) < 4.78 is 2.45. The first-order valence-electron chi connectivity index (χ1n) is 18.9. The molecule has 0 aliphatic carbocycles. The predicted molar refractivity (Wildman–Crippen MR) is 230 cm³/mol. The van der Waals surface area contributed by atoms with Gasteiger partial charge >= 0.3 is 0 Å². The summed E-state index contributed by atoms with van der Waals surface area (Å²) in [5.41, 5.74) is 12.1. The van der Waals surface area contributed by atoms with E-state index in [9.17, 15) is 0 Å². The van der Waals surface area contributed by atoms with Crippen LogP contribution in [0.15, 0.2) is 200 Å². The normalized spacial score (nSPS) is 11.9. The first-order valence-corrected chi connectivity index (χ1v) is 18.9. The van der Waals surface area contributed by atoms with Crippen molar-refractivity contribution in [3.05, 3.63) is 200 Å². The van der Waals surface area contributed by atoms with Crippen LogP contribution in [0.2, 0.25) is 0 Å². The molecular weight excluding hydrogens is 683 g/mol. The Morgan fingerprint density at radius 1 is 0.357 bits per heavy atom. The van der Waals surface area contributed by atoms with E-state index in [1.807, 2.05) is 60.7 Å². The summed E-state index contributed by atoms with van der Waals surface area (Å²) in [4.78, 5) is 17.1. The first-order chi connectivity index (χ1) is 27.8. The van der Waals surface area contributed by atoms with Gasteiger partial charge in [0.25, 0.3) is 0 Å². The smallest absolute Gasteiger partial charge is 0.164 e.